The van der Waals surface area contributed by atoms with Crippen LogP contribution < -0.4 is 57.2 Å². The van der Waals surface area contributed by atoms with Crippen LogP contribution in [0.15, 0.2) is 91.0 Å². The van der Waals surface area contributed by atoms with Crippen LogP contribution in [0.2, 0.25) is 0 Å². The van der Waals surface area contributed by atoms with Crippen LogP contribution in [0, 0.1) is 16.0 Å². The van der Waals surface area contributed by atoms with E-state index in [-0.39, 0.29) is 67.9 Å². The van der Waals surface area contributed by atoms with Gasteiger partial charge in [0.15, 0.2) is 17.6 Å². The topological polar surface area (TPSA) is 394 Å². The maximum Gasteiger partial charge on any atom is 0.311 e. The van der Waals surface area contributed by atoms with E-state index in [9.17, 15) is 59.3 Å². The predicted molar refractivity (Wildman–Crippen MR) is 356 cm³/mol. The van der Waals surface area contributed by atoms with Crippen LogP contribution in [-0.4, -0.2) is 174 Å². The first kappa shape index (κ1) is 76.7. The summed E-state index contributed by atoms with van der Waals surface area (Å²) in [6.07, 6.45) is -0.264. The van der Waals surface area contributed by atoms with Crippen molar-refractivity contribution >= 4 is 47.0 Å². The third-order valence-electron chi connectivity index (χ3n) is 16.6. The van der Waals surface area contributed by atoms with E-state index in [2.05, 4.69) is 44.1 Å². The van der Waals surface area contributed by atoms with Crippen molar-refractivity contribution in [3.63, 3.8) is 0 Å². The number of hydrogen-bond donors (Lipinski definition) is 12. The Hall–Kier alpha value is -8.31. The van der Waals surface area contributed by atoms with E-state index in [1.807, 2.05) is 32.8 Å². The second-order valence-electron chi connectivity index (χ2n) is 25.1. The number of nitrogens with zero attached hydrogens (tertiary/aromatic N) is 2. The second-order valence-corrected chi connectivity index (χ2v) is 25.1. The highest BCUT2D eigenvalue weighted by Gasteiger charge is 2.47. The first-order chi connectivity index (χ1) is 46.0. The molecule has 526 valence electrons. The average Bonchev–Trinajstić information content (AvgIpc) is 0.786. The number of rotatable bonds is 35. The highest BCUT2D eigenvalue weighted by Crippen LogP contribution is 2.46. The molecule has 4 bridgehead atoms. The molecule has 4 aromatic rings. The lowest BCUT2D eigenvalue weighted by Gasteiger charge is -2.42. The van der Waals surface area contributed by atoms with Crippen molar-refractivity contribution in [1.29, 1.82) is 0 Å². The highest BCUT2D eigenvalue weighted by atomic mass is 16.7. The largest absolute Gasteiger partial charge is 0.490 e. The van der Waals surface area contributed by atoms with Gasteiger partial charge < -0.3 is 87.2 Å². The van der Waals surface area contributed by atoms with Gasteiger partial charge in [-0.25, -0.2) is 0 Å². The molecule has 1 fully saturated rings. The maximum atomic E-state index is 15.3. The molecule has 27 nitrogen and oxygen atoms in total. The van der Waals surface area contributed by atoms with E-state index in [4.69, 9.17) is 24.7 Å². The van der Waals surface area contributed by atoms with Crippen LogP contribution in [-0.2, 0) is 51.1 Å². The Balaban J connectivity index is 1.41. The van der Waals surface area contributed by atoms with Gasteiger partial charge in [0, 0.05) is 44.8 Å². The molecule has 96 heavy (non-hydrogen) atoms. The predicted octanol–water partition coefficient (Wildman–Crippen LogP) is 4.10. The van der Waals surface area contributed by atoms with Gasteiger partial charge in [0.05, 0.1) is 30.7 Å². The van der Waals surface area contributed by atoms with Crippen molar-refractivity contribution in [2.45, 2.75) is 190 Å². The minimum absolute atomic E-state index is 0.0207. The number of amides is 7. The van der Waals surface area contributed by atoms with Crippen LogP contribution in [0.3, 0.4) is 0 Å². The van der Waals surface area contributed by atoms with Gasteiger partial charge in [0.1, 0.15) is 42.5 Å². The second kappa shape index (κ2) is 39.0. The number of nitrogens with one attached hydrogen (secondary N) is 7. The Labute approximate surface area is 560 Å². The van der Waals surface area contributed by atoms with Crippen LogP contribution in [0.25, 0.3) is 0 Å². The van der Waals surface area contributed by atoms with Crippen molar-refractivity contribution < 1.29 is 77.9 Å². The Kier molecular flexibility index (Phi) is 31.2. The normalized spacial score (nSPS) is 20.6. The molecule has 4 aromatic carbocycles. The number of aliphatic hydroxyl groups is 4. The number of carbonyl (C=O) groups excluding carboxylic acids is 7. The van der Waals surface area contributed by atoms with Gasteiger partial charge in [-0.3, -0.25) is 43.7 Å². The van der Waals surface area contributed by atoms with Gasteiger partial charge in [-0.05, 0) is 92.7 Å². The molecule has 7 amide bonds. The SMILES string of the molecule is CCCCCCCCCCCC(=O)N[C@H]1[C@H](Oc2cc3cc(c2OC)Oc2ccc(cc2[N+](=O)[O-])C[C@H](NC(=O)[C@H](N)CC(C)C)C(=O)N[C@H](Cc2ccccc2)C(=O)N[C@H]3[C@@H](O)C(=O)NCCCC(=O)N[C@@H](C(=O)NCCCN(C)C)c2ccccc2)O[C@H](CO)[C@@H](O)[C@@H]1O. The van der Waals surface area contributed by atoms with Crippen molar-refractivity contribution in [2.24, 2.45) is 11.7 Å². The number of benzene rings is 4. The molecule has 1 saturated heterocycles. The Morgan fingerprint density at radius 2 is 1.42 bits per heavy atom. The van der Waals surface area contributed by atoms with Crippen molar-refractivity contribution in [2.75, 3.05) is 47.4 Å². The molecule has 0 radical (unpaired) electrons. The number of unbranched alkanes of at least 4 members (excludes halogenated alkanes) is 8. The lowest BCUT2D eigenvalue weighted by molar-refractivity contribution is -0.385. The van der Waals surface area contributed by atoms with Crippen LogP contribution >= 0.6 is 0 Å². The Morgan fingerprint density at radius 3 is 2.06 bits per heavy atom. The van der Waals surface area contributed by atoms with Gasteiger partial charge in [-0.1, -0.05) is 139 Å². The zero-order chi connectivity index (χ0) is 69.8. The molecule has 13 N–H and O–H groups in total. The number of carbonyl (C=O) groups is 7. The first-order valence-corrected chi connectivity index (χ1v) is 33.2. The summed E-state index contributed by atoms with van der Waals surface area (Å²) < 4.78 is 24.8. The monoisotopic (exact) mass is 1340 g/mol. The lowest BCUT2D eigenvalue weighted by atomic mass is 9.96. The summed E-state index contributed by atoms with van der Waals surface area (Å²) >= 11 is 0. The number of hydrogen-bond acceptors (Lipinski definition) is 19. The van der Waals surface area contributed by atoms with Gasteiger partial charge in [0.25, 0.3) is 5.91 Å². The molecule has 3 aliphatic rings. The fourth-order valence-electron chi connectivity index (χ4n) is 11.4. The van der Waals surface area contributed by atoms with E-state index in [1.54, 1.807) is 60.7 Å². The third-order valence-corrected chi connectivity index (χ3v) is 16.6. The zero-order valence-electron chi connectivity index (χ0n) is 55.8. The first-order valence-electron chi connectivity index (χ1n) is 33.2. The minimum Gasteiger partial charge on any atom is -0.490 e. The summed E-state index contributed by atoms with van der Waals surface area (Å²) in [6, 6.07) is 14.6. The number of nitrogens with two attached hydrogens (primary N) is 1. The van der Waals surface area contributed by atoms with E-state index in [0.29, 0.717) is 30.5 Å². The lowest BCUT2D eigenvalue weighted by Crippen LogP contribution is -2.65. The van der Waals surface area contributed by atoms with Crippen LogP contribution in [0.5, 0.6) is 23.0 Å². The van der Waals surface area contributed by atoms with E-state index in [1.165, 1.54) is 37.8 Å². The van der Waals surface area contributed by atoms with Crippen molar-refractivity contribution in [3.8, 4) is 23.0 Å². The summed E-state index contributed by atoms with van der Waals surface area (Å²) in [4.78, 5) is 113. The molecule has 0 unspecified atom stereocenters. The number of nitro groups is 1. The number of ether oxygens (including phenoxy) is 4. The fraction of sp³-hybridized carbons (Fsp3) is 0.551. The van der Waals surface area contributed by atoms with Gasteiger partial charge >= 0.3 is 5.69 Å². The Morgan fingerprint density at radius 1 is 0.771 bits per heavy atom. The number of methoxy groups -OCH3 is 1. The summed E-state index contributed by atoms with van der Waals surface area (Å²) in [5, 5.41) is 77.9. The molecule has 0 saturated carbocycles. The van der Waals surface area contributed by atoms with Gasteiger partial charge in [-0.2, -0.15) is 0 Å². The maximum absolute atomic E-state index is 15.3. The summed E-state index contributed by atoms with van der Waals surface area (Å²) in [6.45, 7) is 5.84. The summed E-state index contributed by atoms with van der Waals surface area (Å²) in [5.41, 5.74) is 6.63. The Bertz CT molecular complexity index is 3180. The van der Waals surface area contributed by atoms with Crippen molar-refractivity contribution in [3.05, 3.63) is 123 Å². The molecule has 3 heterocycles. The molecule has 0 spiro atoms. The van der Waals surface area contributed by atoms with E-state index >= 15 is 4.79 Å². The fourth-order valence-corrected chi connectivity index (χ4v) is 11.4. The van der Waals surface area contributed by atoms with Gasteiger partial charge in [0.2, 0.25) is 53.2 Å². The molecular formula is C69H98N10O17. The molecule has 11 atom stereocenters. The zero-order valence-corrected chi connectivity index (χ0v) is 55.8. The van der Waals surface area contributed by atoms with E-state index < -0.39 is 143 Å². The molecule has 3 aliphatic heterocycles. The molecule has 7 rings (SSSR count). The number of fused-ring (bicyclic) bond motifs is 9. The molecule has 27 heteroatoms. The quantitative estimate of drug-likeness (QED) is 0.0175. The van der Waals surface area contributed by atoms with E-state index in [0.717, 1.165) is 57.6 Å². The highest BCUT2D eigenvalue weighted by molar-refractivity contribution is 5.94. The average molecular weight is 1340 g/mol. The smallest absolute Gasteiger partial charge is 0.311 e. The number of nitro benzene ring substituents is 1. The molecule has 0 aromatic heterocycles. The standard InChI is InChI=1S/C69H98N10O17/c1-7-8-9-10-11-12-13-14-21-28-55(81)76-59-61(84)60(83)54(41-80)96-69(59)95-53-40-46-39-52(63(53)93-6)94-51-31-30-44(38-50(51)79(91)92)37-49(73-64(86)47(70)35-42(2)3)65(87)74-48(36-43-24-17-15-18-25-43)66(88)77-57(46)62(85)68(90)72-32-22-29-56(82)75-58(45-26-19-16-20-27-45)67(89)71-33-23-34-78(4)5/h15-20,24-27,30-31,38-40,42,47-49,54,57-62,69,80,83-85H,7-14,21-23,28-29,32-37,41,70H2,1-6H3,(H,71,89)(H,72,90)(H,73,86)(H,74,87)(H,75,82)(H,76,81)(H,77,88)/t47-,48-,49+,54-,57-,58-,59-,60-,61-,62-,69-/m1/s1. The number of aliphatic hydroxyl groups excluding tert-OH is 4. The van der Waals surface area contributed by atoms with Crippen LogP contribution in [0.1, 0.15) is 145 Å². The van der Waals surface area contributed by atoms with Crippen molar-refractivity contribution in [1.82, 2.24) is 42.1 Å². The van der Waals surface area contributed by atoms with Gasteiger partial charge in [-0.15, -0.1) is 0 Å². The molecular weight excluding hydrogens is 1240 g/mol. The summed E-state index contributed by atoms with van der Waals surface area (Å²) in [5.74, 6) is -6.86. The third kappa shape index (κ3) is 23.5. The van der Waals surface area contributed by atoms with Crippen LogP contribution in [0.4, 0.5) is 5.69 Å². The molecule has 0 aliphatic carbocycles. The minimum atomic E-state index is -2.29. The summed E-state index contributed by atoms with van der Waals surface area (Å²) in [7, 11) is 5.01.